The quantitative estimate of drug-likeness (QED) is 0.707. The Morgan fingerprint density at radius 2 is 1.87 bits per heavy atom. The van der Waals surface area contributed by atoms with Crippen LogP contribution in [0, 0.1) is 6.07 Å². The number of ether oxygens (including phenoxy) is 1. The Hall–Kier alpha value is -2.09. The van der Waals surface area contributed by atoms with Crippen molar-refractivity contribution in [3.05, 3.63) is 60.2 Å². The Bertz CT molecular complexity index is 449. The standard InChI is InChI=1S/C13H9O2/c14-10-11-5-4-8-13(9-11)15-12-6-2-1-3-7-12/h2-10H. The summed E-state index contributed by atoms with van der Waals surface area (Å²) >= 11 is 0. The van der Waals surface area contributed by atoms with Gasteiger partial charge in [0, 0.05) is 5.56 Å². The van der Waals surface area contributed by atoms with E-state index in [9.17, 15) is 4.79 Å². The number of hydrogen-bond donors (Lipinski definition) is 0. The average molecular weight is 197 g/mol. The summed E-state index contributed by atoms with van der Waals surface area (Å²) in [6, 6.07) is 17.1. The largest absolute Gasteiger partial charge is 0.457 e. The Morgan fingerprint density at radius 1 is 1.07 bits per heavy atom. The number of hydrogen-bond acceptors (Lipinski definition) is 2. The highest BCUT2D eigenvalue weighted by Crippen LogP contribution is 2.20. The lowest BCUT2D eigenvalue weighted by Crippen LogP contribution is -1.85. The lowest BCUT2D eigenvalue weighted by molar-refractivity contribution is 0.112. The van der Waals surface area contributed by atoms with E-state index in [1.165, 1.54) is 0 Å². The van der Waals surface area contributed by atoms with Crippen molar-refractivity contribution in [1.29, 1.82) is 0 Å². The van der Waals surface area contributed by atoms with Gasteiger partial charge in [0.05, 0.1) is 0 Å². The van der Waals surface area contributed by atoms with Crippen LogP contribution in [0.5, 0.6) is 11.5 Å². The van der Waals surface area contributed by atoms with Gasteiger partial charge in [-0.25, -0.2) is 0 Å². The van der Waals surface area contributed by atoms with Gasteiger partial charge in [-0.3, -0.25) is 4.79 Å². The van der Waals surface area contributed by atoms with Crippen LogP contribution in [0.25, 0.3) is 0 Å². The molecule has 0 aromatic heterocycles. The van der Waals surface area contributed by atoms with Gasteiger partial charge in [0.1, 0.15) is 17.8 Å². The van der Waals surface area contributed by atoms with Gasteiger partial charge in [0.2, 0.25) is 0 Å². The molecule has 15 heavy (non-hydrogen) atoms. The highest BCUT2D eigenvalue weighted by molar-refractivity contribution is 5.75. The number of carbonyl (C=O) groups is 1. The molecule has 0 heterocycles. The van der Waals surface area contributed by atoms with Crippen molar-refractivity contribution in [3.8, 4) is 11.5 Å². The molecule has 0 atom stereocenters. The van der Waals surface area contributed by atoms with Gasteiger partial charge in [-0.2, -0.15) is 0 Å². The van der Waals surface area contributed by atoms with E-state index in [0.717, 1.165) is 12.0 Å². The van der Waals surface area contributed by atoms with Crippen LogP contribution in [0.1, 0.15) is 10.4 Å². The Balaban J connectivity index is 2.21. The topological polar surface area (TPSA) is 26.3 Å². The van der Waals surface area contributed by atoms with E-state index in [4.69, 9.17) is 4.74 Å². The lowest BCUT2D eigenvalue weighted by atomic mass is 10.2. The summed E-state index contributed by atoms with van der Waals surface area (Å²) in [5.41, 5.74) is 0.606. The van der Waals surface area contributed by atoms with Crippen LogP contribution >= 0.6 is 0 Å². The second kappa shape index (κ2) is 4.42. The van der Waals surface area contributed by atoms with Crippen LogP contribution in [0.4, 0.5) is 0 Å². The summed E-state index contributed by atoms with van der Waals surface area (Å²) in [5.74, 6) is 1.39. The maximum atomic E-state index is 10.6. The van der Waals surface area contributed by atoms with Gasteiger partial charge in [0.25, 0.3) is 0 Å². The molecule has 0 spiro atoms. The first-order chi connectivity index (χ1) is 7.38. The van der Waals surface area contributed by atoms with Crippen LogP contribution in [-0.2, 0) is 0 Å². The van der Waals surface area contributed by atoms with E-state index >= 15 is 0 Å². The van der Waals surface area contributed by atoms with E-state index in [-0.39, 0.29) is 0 Å². The summed E-state index contributed by atoms with van der Waals surface area (Å²) in [6.45, 7) is 0. The molecule has 2 heteroatoms. The van der Waals surface area contributed by atoms with Crippen LogP contribution in [0.2, 0.25) is 0 Å². The molecule has 2 rings (SSSR count). The van der Waals surface area contributed by atoms with Crippen molar-refractivity contribution in [3.63, 3.8) is 0 Å². The molecule has 0 N–H and O–H groups in total. The third-order valence-corrected chi connectivity index (χ3v) is 1.92. The van der Waals surface area contributed by atoms with Gasteiger partial charge in [-0.05, 0) is 30.3 Å². The number of benzene rings is 2. The Morgan fingerprint density at radius 3 is 2.60 bits per heavy atom. The van der Waals surface area contributed by atoms with Gasteiger partial charge < -0.3 is 4.74 Å². The Labute approximate surface area is 88.1 Å². The van der Waals surface area contributed by atoms with Gasteiger partial charge >= 0.3 is 0 Å². The molecular weight excluding hydrogens is 188 g/mol. The van der Waals surface area contributed by atoms with Crippen LogP contribution in [-0.4, -0.2) is 6.29 Å². The molecular formula is C13H9O2. The third-order valence-electron chi connectivity index (χ3n) is 1.92. The smallest absolute Gasteiger partial charge is 0.150 e. The average Bonchev–Trinajstić information content (AvgIpc) is 2.31. The lowest BCUT2D eigenvalue weighted by Gasteiger charge is -2.04. The summed E-state index contributed by atoms with van der Waals surface area (Å²) in [7, 11) is 0. The fourth-order valence-electron chi connectivity index (χ4n) is 1.23. The summed E-state index contributed by atoms with van der Waals surface area (Å²) in [4.78, 5) is 10.6. The zero-order valence-electron chi connectivity index (χ0n) is 8.01. The molecule has 0 aliphatic rings. The number of carbonyl (C=O) groups excluding carboxylic acids is 1. The molecule has 0 aliphatic carbocycles. The van der Waals surface area contributed by atoms with Crippen LogP contribution < -0.4 is 4.74 Å². The van der Waals surface area contributed by atoms with E-state index in [2.05, 4.69) is 6.07 Å². The van der Waals surface area contributed by atoms with Crippen molar-refractivity contribution in [2.75, 3.05) is 0 Å². The second-order valence-corrected chi connectivity index (χ2v) is 3.03. The molecule has 0 fully saturated rings. The zero-order chi connectivity index (χ0) is 10.5. The minimum atomic E-state index is 0.606. The maximum Gasteiger partial charge on any atom is 0.150 e. The molecule has 1 radical (unpaired) electrons. The van der Waals surface area contributed by atoms with Crippen molar-refractivity contribution in [1.82, 2.24) is 0 Å². The fraction of sp³-hybridized carbons (Fsp3) is 0. The highest BCUT2D eigenvalue weighted by Gasteiger charge is 1.97. The SMILES string of the molecule is O=Cc1cccc(Oc2cc[c]cc2)c1. The number of aldehydes is 1. The van der Waals surface area contributed by atoms with E-state index in [1.54, 1.807) is 30.3 Å². The van der Waals surface area contributed by atoms with Gasteiger partial charge in [-0.15, -0.1) is 0 Å². The minimum Gasteiger partial charge on any atom is -0.457 e. The molecule has 73 valence electrons. The first kappa shape index (κ1) is 9.46. The van der Waals surface area contributed by atoms with Gasteiger partial charge in [-0.1, -0.05) is 24.3 Å². The summed E-state index contributed by atoms with van der Waals surface area (Å²) in [5, 5.41) is 0. The normalized spacial score (nSPS) is 9.60. The first-order valence-electron chi connectivity index (χ1n) is 4.58. The van der Waals surface area contributed by atoms with E-state index in [0.29, 0.717) is 11.3 Å². The van der Waals surface area contributed by atoms with Crippen LogP contribution in [0.15, 0.2) is 48.5 Å². The molecule has 0 aliphatic heterocycles. The monoisotopic (exact) mass is 197 g/mol. The predicted molar refractivity (Wildman–Crippen MR) is 57.2 cm³/mol. The second-order valence-electron chi connectivity index (χ2n) is 3.03. The number of rotatable bonds is 3. The third kappa shape index (κ3) is 2.44. The fourth-order valence-corrected chi connectivity index (χ4v) is 1.23. The molecule has 0 saturated carbocycles. The highest BCUT2D eigenvalue weighted by atomic mass is 16.5. The van der Waals surface area contributed by atoms with Crippen LogP contribution in [0.3, 0.4) is 0 Å². The molecule has 0 amide bonds. The molecule has 0 saturated heterocycles. The van der Waals surface area contributed by atoms with E-state index in [1.807, 2.05) is 18.2 Å². The molecule has 2 aromatic carbocycles. The predicted octanol–water partition coefficient (Wildman–Crippen LogP) is 3.09. The molecule has 2 aromatic rings. The Kier molecular flexibility index (Phi) is 2.79. The van der Waals surface area contributed by atoms with Gasteiger partial charge in [0.15, 0.2) is 0 Å². The van der Waals surface area contributed by atoms with Crippen molar-refractivity contribution < 1.29 is 9.53 Å². The first-order valence-corrected chi connectivity index (χ1v) is 4.58. The van der Waals surface area contributed by atoms with Crippen molar-refractivity contribution in [2.24, 2.45) is 0 Å². The maximum absolute atomic E-state index is 10.6. The van der Waals surface area contributed by atoms with E-state index < -0.39 is 0 Å². The minimum absolute atomic E-state index is 0.606. The molecule has 0 bridgehead atoms. The molecule has 2 nitrogen and oxygen atoms in total. The van der Waals surface area contributed by atoms with Crippen molar-refractivity contribution >= 4 is 6.29 Å². The summed E-state index contributed by atoms with van der Waals surface area (Å²) < 4.78 is 5.54. The summed E-state index contributed by atoms with van der Waals surface area (Å²) in [6.07, 6.45) is 0.797. The molecule has 0 unspecified atom stereocenters. The zero-order valence-corrected chi connectivity index (χ0v) is 8.01. The van der Waals surface area contributed by atoms with Crippen molar-refractivity contribution in [2.45, 2.75) is 0 Å².